The Morgan fingerprint density at radius 3 is 1.77 bits per heavy atom. The largest absolute Gasteiger partial charge is 0.0776 e. The van der Waals surface area contributed by atoms with Gasteiger partial charge in [0.05, 0.1) is 0 Å². The average Bonchev–Trinajstić information content (AvgIpc) is 1.98. The monoisotopic (exact) mass is 184 g/mol. The zero-order chi connectivity index (χ0) is 9.72. The molecule has 0 radical (unpaired) electrons. The van der Waals surface area contributed by atoms with E-state index < -0.39 is 0 Å². The van der Waals surface area contributed by atoms with Gasteiger partial charge in [0.25, 0.3) is 0 Å². The van der Waals surface area contributed by atoms with Gasteiger partial charge in [0.15, 0.2) is 0 Å². The van der Waals surface area contributed by atoms with Crippen molar-refractivity contribution in [3.05, 3.63) is 11.1 Å². The van der Waals surface area contributed by atoms with Crippen LogP contribution in [0, 0.1) is 11.8 Å². The van der Waals surface area contributed by atoms with Gasteiger partial charge in [0.2, 0.25) is 0 Å². The lowest BCUT2D eigenvalue weighted by molar-refractivity contribution is 0.408. The van der Waals surface area contributed by atoms with Gasteiger partial charge in [-0.05, 0) is 39.0 Å². The molecular weight excluding hydrogens is 156 g/mol. The first kappa shape index (κ1) is 15.2. The first-order chi connectivity index (χ1) is 5.50. The Labute approximate surface area is 85.4 Å². The fourth-order valence-corrected chi connectivity index (χ4v) is 1.73. The normalized spacial score (nSPS) is 12.2. The molecule has 0 saturated carbocycles. The average molecular weight is 184 g/mol. The molecule has 0 unspecified atom stereocenters. The van der Waals surface area contributed by atoms with Crippen molar-refractivity contribution in [2.75, 3.05) is 0 Å². The highest BCUT2D eigenvalue weighted by molar-refractivity contribution is 5.11. The number of rotatable bonds is 4. The molecule has 0 heterocycles. The molecule has 0 aromatic rings. The number of hydrogen-bond donors (Lipinski definition) is 0. The smallest absolute Gasteiger partial charge is 0.0181 e. The van der Waals surface area contributed by atoms with E-state index in [4.69, 9.17) is 0 Å². The van der Waals surface area contributed by atoms with Gasteiger partial charge in [-0.1, -0.05) is 45.8 Å². The fourth-order valence-electron chi connectivity index (χ4n) is 1.73. The van der Waals surface area contributed by atoms with Gasteiger partial charge in [-0.3, -0.25) is 0 Å². The first-order valence-corrected chi connectivity index (χ1v) is 5.14. The van der Waals surface area contributed by atoms with Crippen LogP contribution in [0.5, 0.6) is 0 Å². The standard InChI is InChI=1S/C12H24.CH4/c1-7-8-12(10(4)5)11(6)9(2)3;/h10,12H,7-8H2,1-6H3;1H4/t12-;/m0./s1. The Bertz CT molecular complexity index is 147. The second kappa shape index (κ2) is 7.17. The summed E-state index contributed by atoms with van der Waals surface area (Å²) in [5.74, 6) is 1.60. The molecule has 0 nitrogen and oxygen atoms in total. The maximum Gasteiger partial charge on any atom is -0.0181 e. The summed E-state index contributed by atoms with van der Waals surface area (Å²) in [5, 5.41) is 0. The van der Waals surface area contributed by atoms with E-state index in [9.17, 15) is 0 Å². The summed E-state index contributed by atoms with van der Waals surface area (Å²) in [7, 11) is 0. The molecule has 0 heteroatoms. The molecule has 13 heavy (non-hydrogen) atoms. The summed E-state index contributed by atoms with van der Waals surface area (Å²) in [6, 6.07) is 0. The van der Waals surface area contributed by atoms with E-state index in [-0.39, 0.29) is 7.43 Å². The van der Waals surface area contributed by atoms with Crippen LogP contribution in [0.2, 0.25) is 0 Å². The van der Waals surface area contributed by atoms with Gasteiger partial charge >= 0.3 is 0 Å². The van der Waals surface area contributed by atoms with Crippen molar-refractivity contribution in [2.45, 2.75) is 61.8 Å². The molecule has 0 aliphatic rings. The second-order valence-corrected chi connectivity index (χ2v) is 4.32. The summed E-state index contributed by atoms with van der Waals surface area (Å²) >= 11 is 0. The zero-order valence-corrected chi connectivity index (χ0v) is 9.57. The summed E-state index contributed by atoms with van der Waals surface area (Å²) in [6.45, 7) is 13.7. The second-order valence-electron chi connectivity index (χ2n) is 4.32. The summed E-state index contributed by atoms with van der Waals surface area (Å²) in [4.78, 5) is 0. The molecule has 80 valence electrons. The van der Waals surface area contributed by atoms with Crippen molar-refractivity contribution in [3.63, 3.8) is 0 Å². The molecule has 0 aliphatic carbocycles. The van der Waals surface area contributed by atoms with E-state index >= 15 is 0 Å². The summed E-state index contributed by atoms with van der Waals surface area (Å²) in [5.41, 5.74) is 3.11. The lowest BCUT2D eigenvalue weighted by Crippen LogP contribution is -2.10. The molecule has 0 aromatic carbocycles. The first-order valence-electron chi connectivity index (χ1n) is 5.14. The SMILES string of the molecule is C.CCC[C@H](C(C)=C(C)C)C(C)C. The Morgan fingerprint density at radius 1 is 1.08 bits per heavy atom. The van der Waals surface area contributed by atoms with E-state index in [2.05, 4.69) is 41.5 Å². The van der Waals surface area contributed by atoms with E-state index in [0.29, 0.717) is 0 Å². The van der Waals surface area contributed by atoms with E-state index in [0.717, 1.165) is 11.8 Å². The zero-order valence-electron chi connectivity index (χ0n) is 9.57. The molecule has 0 spiro atoms. The summed E-state index contributed by atoms with van der Waals surface area (Å²) in [6.07, 6.45) is 2.64. The van der Waals surface area contributed by atoms with Crippen molar-refractivity contribution in [3.8, 4) is 0 Å². The molecule has 0 bridgehead atoms. The minimum atomic E-state index is 0. The van der Waals surface area contributed by atoms with E-state index in [1.807, 2.05) is 0 Å². The van der Waals surface area contributed by atoms with Crippen LogP contribution in [-0.2, 0) is 0 Å². The van der Waals surface area contributed by atoms with E-state index in [1.165, 1.54) is 18.4 Å². The minimum Gasteiger partial charge on any atom is -0.0776 e. The molecule has 0 saturated heterocycles. The highest BCUT2D eigenvalue weighted by Gasteiger charge is 2.14. The number of hydrogen-bond acceptors (Lipinski definition) is 0. The van der Waals surface area contributed by atoms with Crippen LogP contribution in [-0.4, -0.2) is 0 Å². The van der Waals surface area contributed by atoms with Crippen molar-refractivity contribution in [2.24, 2.45) is 11.8 Å². The topological polar surface area (TPSA) is 0 Å². The van der Waals surface area contributed by atoms with Crippen LogP contribution in [0.4, 0.5) is 0 Å². The van der Waals surface area contributed by atoms with Crippen molar-refractivity contribution in [1.29, 1.82) is 0 Å². The minimum absolute atomic E-state index is 0. The Hall–Kier alpha value is -0.260. The van der Waals surface area contributed by atoms with Crippen LogP contribution in [0.3, 0.4) is 0 Å². The predicted molar refractivity (Wildman–Crippen MR) is 64.0 cm³/mol. The third kappa shape index (κ3) is 5.13. The van der Waals surface area contributed by atoms with Crippen molar-refractivity contribution < 1.29 is 0 Å². The lowest BCUT2D eigenvalue weighted by Gasteiger charge is -2.22. The molecule has 1 atom stereocenters. The lowest BCUT2D eigenvalue weighted by atomic mass is 9.83. The predicted octanol–water partition coefficient (Wildman–Crippen LogP) is 5.05. The highest BCUT2D eigenvalue weighted by Crippen LogP contribution is 2.27. The Kier molecular flexibility index (Phi) is 8.40. The number of allylic oxidation sites excluding steroid dienone is 2. The third-order valence-corrected chi connectivity index (χ3v) is 2.75. The van der Waals surface area contributed by atoms with Crippen molar-refractivity contribution in [1.82, 2.24) is 0 Å². The maximum absolute atomic E-state index is 2.33. The van der Waals surface area contributed by atoms with E-state index in [1.54, 1.807) is 5.57 Å². The van der Waals surface area contributed by atoms with Gasteiger partial charge in [0.1, 0.15) is 0 Å². The molecular formula is C13H28. The maximum atomic E-state index is 2.33. The molecule has 0 amide bonds. The van der Waals surface area contributed by atoms with Gasteiger partial charge < -0.3 is 0 Å². The van der Waals surface area contributed by atoms with Crippen LogP contribution < -0.4 is 0 Å². The molecule has 0 aliphatic heterocycles. The van der Waals surface area contributed by atoms with Gasteiger partial charge in [-0.15, -0.1) is 0 Å². The van der Waals surface area contributed by atoms with Crippen molar-refractivity contribution >= 4 is 0 Å². The van der Waals surface area contributed by atoms with Crippen LogP contribution in [0.15, 0.2) is 11.1 Å². The van der Waals surface area contributed by atoms with Crippen LogP contribution in [0.1, 0.15) is 61.8 Å². The van der Waals surface area contributed by atoms with Crippen LogP contribution >= 0.6 is 0 Å². The molecule has 0 rings (SSSR count). The Morgan fingerprint density at radius 2 is 1.54 bits per heavy atom. The fraction of sp³-hybridized carbons (Fsp3) is 0.846. The molecule has 0 aromatic heterocycles. The highest BCUT2D eigenvalue weighted by atomic mass is 14.2. The Balaban J connectivity index is 0. The van der Waals surface area contributed by atoms with Gasteiger partial charge in [-0.2, -0.15) is 0 Å². The van der Waals surface area contributed by atoms with Gasteiger partial charge in [0, 0.05) is 0 Å². The molecule has 0 N–H and O–H groups in total. The third-order valence-electron chi connectivity index (χ3n) is 2.75. The van der Waals surface area contributed by atoms with Gasteiger partial charge in [-0.25, -0.2) is 0 Å². The van der Waals surface area contributed by atoms with Crippen LogP contribution in [0.25, 0.3) is 0 Å². The quantitative estimate of drug-likeness (QED) is 0.536. The molecule has 0 fully saturated rings. The summed E-state index contributed by atoms with van der Waals surface area (Å²) < 4.78 is 0.